The number of benzene rings is 1. The highest BCUT2D eigenvalue weighted by Gasteiger charge is 2.40. The minimum Gasteiger partial charge on any atom is -0.492 e. The smallest absolute Gasteiger partial charge is 0.239 e. The predicted octanol–water partition coefficient (Wildman–Crippen LogP) is 2.67. The standard InChI is InChI=1S/C17H24N2O3/c1-4-22-14-10-6-5-9-13(14)18-15(20)17(2,3)16(21)19-11-7-8-12-19/h5-6,9-10H,4,7-8,11-12H2,1-3H3,(H,18,20). The molecule has 0 aliphatic carbocycles. The number of ether oxygens (including phenoxy) is 1. The molecule has 1 aliphatic heterocycles. The molecule has 2 amide bonds. The minimum absolute atomic E-state index is 0.114. The number of anilines is 1. The van der Waals surface area contributed by atoms with Gasteiger partial charge in [0.1, 0.15) is 11.2 Å². The maximum atomic E-state index is 12.6. The van der Waals surface area contributed by atoms with Crippen LogP contribution in [0.3, 0.4) is 0 Å². The van der Waals surface area contributed by atoms with E-state index in [1.165, 1.54) is 0 Å². The van der Waals surface area contributed by atoms with E-state index in [2.05, 4.69) is 5.32 Å². The van der Waals surface area contributed by atoms with Gasteiger partial charge in [0, 0.05) is 13.1 Å². The SMILES string of the molecule is CCOc1ccccc1NC(=O)C(C)(C)C(=O)N1CCCC1. The maximum Gasteiger partial charge on any atom is 0.239 e. The molecule has 22 heavy (non-hydrogen) atoms. The van der Waals surface area contributed by atoms with Gasteiger partial charge in [-0.15, -0.1) is 0 Å². The second kappa shape index (κ2) is 6.81. The van der Waals surface area contributed by atoms with E-state index in [-0.39, 0.29) is 11.8 Å². The summed E-state index contributed by atoms with van der Waals surface area (Å²) in [5.74, 6) is 0.190. The largest absolute Gasteiger partial charge is 0.492 e. The number of rotatable bonds is 5. The lowest BCUT2D eigenvalue weighted by atomic mass is 9.90. The number of hydrogen-bond acceptors (Lipinski definition) is 3. The van der Waals surface area contributed by atoms with E-state index in [0.717, 1.165) is 25.9 Å². The molecule has 0 aromatic heterocycles. The lowest BCUT2D eigenvalue weighted by Crippen LogP contribution is -2.46. The number of para-hydroxylation sites is 2. The van der Waals surface area contributed by atoms with Crippen LogP contribution in [0.2, 0.25) is 0 Å². The molecule has 0 bridgehead atoms. The zero-order chi connectivity index (χ0) is 16.2. The Balaban J connectivity index is 2.12. The summed E-state index contributed by atoms with van der Waals surface area (Å²) in [4.78, 5) is 26.9. The first-order valence-electron chi connectivity index (χ1n) is 7.79. The summed E-state index contributed by atoms with van der Waals surface area (Å²) in [7, 11) is 0. The highest BCUT2D eigenvalue weighted by Crippen LogP contribution is 2.28. The van der Waals surface area contributed by atoms with Gasteiger partial charge in [0.15, 0.2) is 0 Å². The molecule has 1 fully saturated rings. The molecular formula is C17H24N2O3. The Morgan fingerprint density at radius 3 is 2.50 bits per heavy atom. The van der Waals surface area contributed by atoms with Crippen LogP contribution in [-0.2, 0) is 9.59 Å². The normalized spacial score (nSPS) is 14.8. The van der Waals surface area contributed by atoms with Crippen LogP contribution in [0, 0.1) is 5.41 Å². The van der Waals surface area contributed by atoms with E-state index in [0.29, 0.717) is 18.0 Å². The van der Waals surface area contributed by atoms with Gasteiger partial charge in [0.25, 0.3) is 0 Å². The second-order valence-corrected chi connectivity index (χ2v) is 6.01. The molecule has 1 N–H and O–H groups in total. The molecular weight excluding hydrogens is 280 g/mol. The van der Waals surface area contributed by atoms with Crippen LogP contribution >= 0.6 is 0 Å². The predicted molar refractivity (Wildman–Crippen MR) is 85.8 cm³/mol. The van der Waals surface area contributed by atoms with Crippen molar-refractivity contribution < 1.29 is 14.3 Å². The van der Waals surface area contributed by atoms with Gasteiger partial charge in [0.05, 0.1) is 12.3 Å². The number of likely N-dealkylation sites (tertiary alicyclic amines) is 1. The summed E-state index contributed by atoms with van der Waals surface area (Å²) >= 11 is 0. The molecule has 0 saturated carbocycles. The van der Waals surface area contributed by atoms with Gasteiger partial charge in [-0.25, -0.2) is 0 Å². The van der Waals surface area contributed by atoms with Gasteiger partial charge >= 0.3 is 0 Å². The Morgan fingerprint density at radius 2 is 1.86 bits per heavy atom. The Morgan fingerprint density at radius 1 is 1.23 bits per heavy atom. The van der Waals surface area contributed by atoms with E-state index < -0.39 is 5.41 Å². The van der Waals surface area contributed by atoms with E-state index in [9.17, 15) is 9.59 Å². The molecule has 2 rings (SSSR count). The van der Waals surface area contributed by atoms with E-state index in [1.807, 2.05) is 19.1 Å². The van der Waals surface area contributed by atoms with Gasteiger partial charge in [-0.1, -0.05) is 12.1 Å². The molecule has 0 spiro atoms. The first kappa shape index (κ1) is 16.3. The summed E-state index contributed by atoms with van der Waals surface area (Å²) in [6.07, 6.45) is 2.02. The van der Waals surface area contributed by atoms with Crippen LogP contribution < -0.4 is 10.1 Å². The third-order valence-corrected chi connectivity index (χ3v) is 3.93. The summed E-state index contributed by atoms with van der Waals surface area (Å²) in [5.41, 5.74) is -0.499. The summed E-state index contributed by atoms with van der Waals surface area (Å²) in [6, 6.07) is 7.25. The zero-order valence-corrected chi connectivity index (χ0v) is 13.5. The van der Waals surface area contributed by atoms with E-state index in [1.54, 1.807) is 30.9 Å². The van der Waals surface area contributed by atoms with Crippen molar-refractivity contribution in [1.29, 1.82) is 0 Å². The quantitative estimate of drug-likeness (QED) is 0.851. The molecule has 5 nitrogen and oxygen atoms in total. The highest BCUT2D eigenvalue weighted by atomic mass is 16.5. The number of amides is 2. The van der Waals surface area contributed by atoms with Gasteiger partial charge in [-0.3, -0.25) is 9.59 Å². The molecule has 0 radical (unpaired) electrons. The average Bonchev–Trinajstić information content (AvgIpc) is 3.02. The number of nitrogens with one attached hydrogen (secondary N) is 1. The Labute approximate surface area is 131 Å². The van der Waals surface area contributed by atoms with Crippen LogP contribution in [0.1, 0.15) is 33.6 Å². The van der Waals surface area contributed by atoms with Crippen molar-refractivity contribution in [3.8, 4) is 5.75 Å². The van der Waals surface area contributed by atoms with Gasteiger partial charge in [-0.05, 0) is 45.7 Å². The van der Waals surface area contributed by atoms with E-state index >= 15 is 0 Å². The lowest BCUT2D eigenvalue weighted by molar-refractivity contribution is -0.145. The summed E-state index contributed by atoms with van der Waals surface area (Å²) < 4.78 is 5.50. The Bertz CT molecular complexity index is 549. The first-order chi connectivity index (χ1) is 10.5. The van der Waals surface area contributed by atoms with Gasteiger partial charge in [0.2, 0.25) is 11.8 Å². The van der Waals surface area contributed by atoms with Gasteiger partial charge < -0.3 is 15.0 Å². The summed E-state index contributed by atoms with van der Waals surface area (Å²) in [5, 5.41) is 2.83. The van der Waals surface area contributed by atoms with Gasteiger partial charge in [-0.2, -0.15) is 0 Å². The number of hydrogen-bond donors (Lipinski definition) is 1. The molecule has 0 atom stereocenters. The van der Waals surface area contributed by atoms with Crippen LogP contribution in [0.5, 0.6) is 5.75 Å². The maximum absolute atomic E-state index is 12.6. The second-order valence-electron chi connectivity index (χ2n) is 6.01. The zero-order valence-electron chi connectivity index (χ0n) is 13.5. The molecule has 1 aromatic rings. The van der Waals surface area contributed by atoms with Crippen molar-refractivity contribution in [3.63, 3.8) is 0 Å². The van der Waals surface area contributed by atoms with Crippen molar-refractivity contribution in [1.82, 2.24) is 4.90 Å². The monoisotopic (exact) mass is 304 g/mol. The van der Waals surface area contributed by atoms with Crippen LogP contribution in [-0.4, -0.2) is 36.4 Å². The fourth-order valence-electron chi connectivity index (χ4n) is 2.54. The Hall–Kier alpha value is -2.04. The van der Waals surface area contributed by atoms with Crippen LogP contribution in [0.25, 0.3) is 0 Å². The molecule has 0 unspecified atom stereocenters. The lowest BCUT2D eigenvalue weighted by Gasteiger charge is -2.28. The fraction of sp³-hybridized carbons (Fsp3) is 0.529. The first-order valence-corrected chi connectivity index (χ1v) is 7.79. The van der Waals surface area contributed by atoms with Crippen LogP contribution in [0.4, 0.5) is 5.69 Å². The van der Waals surface area contributed by atoms with Crippen LogP contribution in [0.15, 0.2) is 24.3 Å². The topological polar surface area (TPSA) is 58.6 Å². The van der Waals surface area contributed by atoms with Crippen molar-refractivity contribution in [2.75, 3.05) is 25.0 Å². The fourth-order valence-corrected chi connectivity index (χ4v) is 2.54. The van der Waals surface area contributed by atoms with Crippen molar-refractivity contribution >= 4 is 17.5 Å². The molecule has 1 aliphatic rings. The van der Waals surface area contributed by atoms with Crippen molar-refractivity contribution in [2.24, 2.45) is 5.41 Å². The molecule has 1 aromatic carbocycles. The van der Waals surface area contributed by atoms with Crippen molar-refractivity contribution in [2.45, 2.75) is 33.6 Å². The van der Waals surface area contributed by atoms with Crippen molar-refractivity contribution in [3.05, 3.63) is 24.3 Å². The molecule has 1 saturated heterocycles. The highest BCUT2D eigenvalue weighted by molar-refractivity contribution is 6.10. The summed E-state index contributed by atoms with van der Waals surface area (Å²) in [6.45, 7) is 7.23. The minimum atomic E-state index is -1.09. The molecule has 5 heteroatoms. The number of nitrogens with zero attached hydrogens (tertiary/aromatic N) is 1. The molecule has 1 heterocycles. The number of carbonyl (C=O) groups excluding carboxylic acids is 2. The molecule has 120 valence electrons. The average molecular weight is 304 g/mol. The third kappa shape index (κ3) is 3.40. The third-order valence-electron chi connectivity index (χ3n) is 3.93. The van der Waals surface area contributed by atoms with E-state index in [4.69, 9.17) is 4.74 Å². The number of carbonyl (C=O) groups is 2. The Kier molecular flexibility index (Phi) is 5.06.